The molecule has 0 aromatic heterocycles. The van der Waals surface area contributed by atoms with Crippen LogP contribution in [0.5, 0.6) is 0 Å². The lowest BCUT2D eigenvalue weighted by Crippen LogP contribution is -2.13. The molecule has 0 heterocycles. The first kappa shape index (κ1) is 22.2. The zero-order valence-corrected chi connectivity index (χ0v) is 19.0. The van der Waals surface area contributed by atoms with E-state index in [0.717, 1.165) is 17.8 Å². The van der Waals surface area contributed by atoms with Gasteiger partial charge in [-0.1, -0.05) is 88.8 Å². The quantitative estimate of drug-likeness (QED) is 0.307. The zero-order chi connectivity index (χ0) is 20.3. The van der Waals surface area contributed by atoms with Gasteiger partial charge in [-0.15, -0.1) is 0 Å². The molecule has 2 aliphatic rings. The Kier molecular flexibility index (Phi) is 9.40. The summed E-state index contributed by atoms with van der Waals surface area (Å²) in [4.78, 5) is 0. The molecule has 29 heavy (non-hydrogen) atoms. The lowest BCUT2D eigenvalue weighted by molar-refractivity contribution is 0.308. The van der Waals surface area contributed by atoms with Crippen LogP contribution in [0.1, 0.15) is 121 Å². The maximum atomic E-state index is 3.46. The van der Waals surface area contributed by atoms with Crippen LogP contribution in [0.15, 0.2) is 35.9 Å². The van der Waals surface area contributed by atoms with E-state index >= 15 is 0 Å². The van der Waals surface area contributed by atoms with E-state index in [2.05, 4.69) is 56.0 Å². The minimum atomic E-state index is 0.778. The van der Waals surface area contributed by atoms with Crippen molar-refractivity contribution >= 4 is 0 Å². The predicted octanol–water partition coefficient (Wildman–Crippen LogP) is 8.81. The van der Waals surface area contributed by atoms with Crippen molar-refractivity contribution in [2.24, 2.45) is 11.8 Å². The molecule has 0 bridgehead atoms. The van der Waals surface area contributed by atoms with Crippen LogP contribution in [-0.4, -0.2) is 0 Å². The Balaban J connectivity index is 1.45. The minimum Gasteiger partial charge on any atom is -0.0726 e. The number of hydrogen-bond donors (Lipinski definition) is 0. The SMILES string of the molecule is CCCCCCC1CC=C(C#Cc2ccc(C3CCC(CCC)CC3)cc2)CC1. The largest absolute Gasteiger partial charge is 0.0726 e. The van der Waals surface area contributed by atoms with E-state index in [0.29, 0.717) is 0 Å². The third-order valence-electron chi connectivity index (χ3n) is 7.28. The summed E-state index contributed by atoms with van der Waals surface area (Å²) in [7, 11) is 0. The van der Waals surface area contributed by atoms with Gasteiger partial charge in [0.2, 0.25) is 0 Å². The van der Waals surface area contributed by atoms with E-state index in [-0.39, 0.29) is 0 Å². The molecule has 1 atom stereocenters. The van der Waals surface area contributed by atoms with E-state index in [1.807, 2.05) is 0 Å². The molecule has 1 unspecified atom stereocenters. The molecule has 0 radical (unpaired) electrons. The van der Waals surface area contributed by atoms with E-state index in [1.165, 1.54) is 107 Å². The van der Waals surface area contributed by atoms with Crippen LogP contribution in [0.3, 0.4) is 0 Å². The van der Waals surface area contributed by atoms with Crippen molar-refractivity contribution in [2.45, 2.75) is 110 Å². The van der Waals surface area contributed by atoms with Crippen molar-refractivity contribution in [3.8, 4) is 11.8 Å². The summed E-state index contributed by atoms with van der Waals surface area (Å²) in [5.41, 5.74) is 4.08. The molecule has 0 amide bonds. The van der Waals surface area contributed by atoms with Crippen molar-refractivity contribution in [1.82, 2.24) is 0 Å². The molecule has 0 aliphatic heterocycles. The third-order valence-corrected chi connectivity index (χ3v) is 7.28. The highest BCUT2D eigenvalue weighted by molar-refractivity contribution is 5.42. The Labute approximate surface area is 180 Å². The van der Waals surface area contributed by atoms with Gasteiger partial charge >= 0.3 is 0 Å². The van der Waals surface area contributed by atoms with E-state index in [1.54, 1.807) is 0 Å². The molecule has 0 spiro atoms. The van der Waals surface area contributed by atoms with Gasteiger partial charge in [-0.3, -0.25) is 0 Å². The molecule has 3 rings (SSSR count). The summed E-state index contributed by atoms with van der Waals surface area (Å²) in [6.07, 6.45) is 21.6. The van der Waals surface area contributed by atoms with Crippen LogP contribution >= 0.6 is 0 Å². The molecule has 2 aliphatic carbocycles. The van der Waals surface area contributed by atoms with E-state index in [9.17, 15) is 0 Å². The summed E-state index contributed by atoms with van der Waals surface area (Å²) >= 11 is 0. The summed E-state index contributed by atoms with van der Waals surface area (Å²) in [6, 6.07) is 9.19. The van der Waals surface area contributed by atoms with Gasteiger partial charge in [0.15, 0.2) is 0 Å². The van der Waals surface area contributed by atoms with Crippen molar-refractivity contribution in [1.29, 1.82) is 0 Å². The van der Waals surface area contributed by atoms with E-state index in [4.69, 9.17) is 0 Å². The van der Waals surface area contributed by atoms with Gasteiger partial charge in [-0.2, -0.15) is 0 Å². The molecular weight excluding hydrogens is 348 g/mol. The van der Waals surface area contributed by atoms with Gasteiger partial charge in [-0.05, 0) is 86.0 Å². The van der Waals surface area contributed by atoms with Crippen LogP contribution in [0.4, 0.5) is 0 Å². The van der Waals surface area contributed by atoms with Gasteiger partial charge in [-0.25, -0.2) is 0 Å². The first-order valence-electron chi connectivity index (χ1n) is 12.6. The molecule has 0 heteroatoms. The maximum absolute atomic E-state index is 3.46. The fraction of sp³-hybridized carbons (Fsp3) is 0.655. The smallest absolute Gasteiger partial charge is 0.0249 e. The number of unbranched alkanes of at least 4 members (excludes halogenated alkanes) is 3. The van der Waals surface area contributed by atoms with Crippen molar-refractivity contribution in [3.05, 3.63) is 47.0 Å². The highest BCUT2D eigenvalue weighted by Gasteiger charge is 2.21. The van der Waals surface area contributed by atoms with Crippen molar-refractivity contribution < 1.29 is 0 Å². The van der Waals surface area contributed by atoms with Crippen molar-refractivity contribution in [3.63, 3.8) is 0 Å². The van der Waals surface area contributed by atoms with Crippen LogP contribution < -0.4 is 0 Å². The Morgan fingerprint density at radius 1 is 0.759 bits per heavy atom. The average molecular weight is 391 g/mol. The van der Waals surface area contributed by atoms with Gasteiger partial charge in [0.25, 0.3) is 0 Å². The lowest BCUT2D eigenvalue weighted by Gasteiger charge is -2.28. The fourth-order valence-electron chi connectivity index (χ4n) is 5.31. The Bertz CT molecular complexity index is 673. The predicted molar refractivity (Wildman–Crippen MR) is 127 cm³/mol. The molecule has 158 valence electrons. The Morgan fingerprint density at radius 3 is 2.21 bits per heavy atom. The summed E-state index contributed by atoms with van der Waals surface area (Å²) in [5.74, 6) is 9.56. The molecule has 1 fully saturated rings. The first-order chi connectivity index (χ1) is 14.3. The highest BCUT2D eigenvalue weighted by atomic mass is 14.3. The normalized spacial score (nSPS) is 24.5. The van der Waals surface area contributed by atoms with Crippen LogP contribution in [0.2, 0.25) is 0 Å². The van der Waals surface area contributed by atoms with Gasteiger partial charge in [0.1, 0.15) is 0 Å². The highest BCUT2D eigenvalue weighted by Crippen LogP contribution is 2.37. The van der Waals surface area contributed by atoms with E-state index < -0.39 is 0 Å². The number of hydrogen-bond acceptors (Lipinski definition) is 0. The summed E-state index contributed by atoms with van der Waals surface area (Å²) in [5, 5.41) is 0. The molecule has 1 aromatic rings. The van der Waals surface area contributed by atoms with Crippen molar-refractivity contribution in [2.75, 3.05) is 0 Å². The average Bonchev–Trinajstić information content (AvgIpc) is 2.77. The van der Waals surface area contributed by atoms with Gasteiger partial charge in [0, 0.05) is 5.56 Å². The molecule has 0 N–H and O–H groups in total. The number of benzene rings is 1. The third kappa shape index (κ3) is 7.37. The summed E-state index contributed by atoms with van der Waals surface area (Å²) in [6.45, 7) is 4.61. The van der Waals surface area contributed by atoms with Crippen LogP contribution in [0, 0.1) is 23.7 Å². The molecule has 0 saturated heterocycles. The second kappa shape index (κ2) is 12.3. The lowest BCUT2D eigenvalue weighted by atomic mass is 9.77. The monoisotopic (exact) mass is 390 g/mol. The maximum Gasteiger partial charge on any atom is 0.0249 e. The summed E-state index contributed by atoms with van der Waals surface area (Å²) < 4.78 is 0. The van der Waals surface area contributed by atoms with Crippen LogP contribution in [-0.2, 0) is 0 Å². The molecule has 1 saturated carbocycles. The minimum absolute atomic E-state index is 0.778. The molecular formula is C29H42. The number of rotatable bonds is 8. The van der Waals surface area contributed by atoms with Crippen LogP contribution in [0.25, 0.3) is 0 Å². The molecule has 0 nitrogen and oxygen atoms in total. The Hall–Kier alpha value is -1.48. The standard InChI is InChI=1S/C29H42/c1-3-5-6-7-9-25-10-12-26(13-11-25)14-15-27-18-22-29(23-19-27)28-20-16-24(8-4-2)17-21-28/h12,18-19,22-25,28H,3-11,13,16-17,20-21H2,1-2H3. The number of allylic oxidation sites excluding steroid dienone is 2. The zero-order valence-electron chi connectivity index (χ0n) is 19.0. The Morgan fingerprint density at radius 2 is 1.55 bits per heavy atom. The van der Waals surface area contributed by atoms with Gasteiger partial charge in [0.05, 0.1) is 0 Å². The second-order valence-electron chi connectivity index (χ2n) is 9.60. The topological polar surface area (TPSA) is 0 Å². The molecule has 1 aromatic carbocycles. The van der Waals surface area contributed by atoms with Gasteiger partial charge < -0.3 is 0 Å². The second-order valence-corrected chi connectivity index (χ2v) is 9.60. The fourth-order valence-corrected chi connectivity index (χ4v) is 5.31. The first-order valence-corrected chi connectivity index (χ1v) is 12.6.